The Morgan fingerprint density at radius 1 is 1.05 bits per heavy atom. The summed E-state index contributed by atoms with van der Waals surface area (Å²) in [6.45, 7) is 0.519. The zero-order chi connectivity index (χ0) is 14.7. The van der Waals surface area contributed by atoms with Crippen molar-refractivity contribution in [1.29, 1.82) is 5.26 Å². The van der Waals surface area contributed by atoms with Crippen molar-refractivity contribution in [3.63, 3.8) is 0 Å². The molecule has 1 aliphatic rings. The summed E-state index contributed by atoms with van der Waals surface area (Å²) in [5.41, 5.74) is 2.02. The quantitative estimate of drug-likeness (QED) is 0.636. The maximum atomic E-state index is 12.0. The van der Waals surface area contributed by atoms with Gasteiger partial charge in [-0.05, 0) is 36.4 Å². The molecule has 5 nitrogen and oxygen atoms in total. The molecule has 1 fully saturated rings. The van der Waals surface area contributed by atoms with Crippen molar-refractivity contribution in [2.45, 2.75) is 6.04 Å². The number of rotatable bonds is 3. The van der Waals surface area contributed by atoms with Crippen molar-refractivity contribution in [3.8, 4) is 6.07 Å². The fourth-order valence-corrected chi connectivity index (χ4v) is 1.92. The Morgan fingerprint density at radius 2 is 1.67 bits per heavy atom. The van der Waals surface area contributed by atoms with Crippen molar-refractivity contribution in [3.05, 3.63) is 60.2 Å². The smallest absolute Gasteiger partial charge is 0.255 e. The number of amides is 1. The van der Waals surface area contributed by atoms with Crippen molar-refractivity contribution < 1.29 is 4.79 Å². The first kappa shape index (κ1) is 13.0. The molecule has 3 rings (SSSR count). The summed E-state index contributed by atoms with van der Waals surface area (Å²) in [6, 6.07) is 18.1. The van der Waals surface area contributed by atoms with E-state index in [1.54, 1.807) is 24.3 Å². The third-order valence-electron chi connectivity index (χ3n) is 3.17. The van der Waals surface area contributed by atoms with Gasteiger partial charge in [-0.15, -0.1) is 0 Å². The average molecular weight is 276 g/mol. The molecule has 0 aromatic heterocycles. The molecule has 1 aliphatic heterocycles. The van der Waals surface area contributed by atoms with Crippen LogP contribution in [-0.4, -0.2) is 23.4 Å². The van der Waals surface area contributed by atoms with Crippen molar-refractivity contribution >= 4 is 17.3 Å². The lowest BCUT2D eigenvalue weighted by Gasteiger charge is -2.01. The van der Waals surface area contributed by atoms with Crippen LogP contribution in [0.25, 0.3) is 0 Å². The van der Waals surface area contributed by atoms with Gasteiger partial charge in [0.1, 0.15) is 6.04 Å². The standard InChI is InChI=1S/C16H12N4O/c17-10-15-11-20(15)16(21)12-6-8-14(9-7-12)19-18-13-4-2-1-3-5-13/h1-9,15H,11H2. The second-order valence-corrected chi connectivity index (χ2v) is 4.68. The van der Waals surface area contributed by atoms with Crippen LogP contribution in [0.1, 0.15) is 10.4 Å². The Bertz CT molecular complexity index is 716. The topological polar surface area (TPSA) is 68.6 Å². The van der Waals surface area contributed by atoms with Crippen LogP contribution >= 0.6 is 0 Å². The fraction of sp³-hybridized carbons (Fsp3) is 0.125. The van der Waals surface area contributed by atoms with Gasteiger partial charge < -0.3 is 4.90 Å². The van der Waals surface area contributed by atoms with E-state index >= 15 is 0 Å². The highest BCUT2D eigenvalue weighted by molar-refractivity contribution is 5.96. The third-order valence-corrected chi connectivity index (χ3v) is 3.17. The van der Waals surface area contributed by atoms with E-state index in [-0.39, 0.29) is 11.9 Å². The highest BCUT2D eigenvalue weighted by atomic mass is 16.2. The lowest BCUT2D eigenvalue weighted by Crippen LogP contribution is -2.12. The molecule has 1 unspecified atom stereocenters. The molecule has 2 aromatic rings. The molecule has 0 spiro atoms. The number of hydrogen-bond acceptors (Lipinski definition) is 4. The van der Waals surface area contributed by atoms with Crippen LogP contribution in [0.4, 0.5) is 11.4 Å². The molecule has 1 heterocycles. The van der Waals surface area contributed by atoms with Crippen LogP contribution in [0, 0.1) is 11.3 Å². The van der Waals surface area contributed by atoms with E-state index in [1.165, 1.54) is 4.90 Å². The third kappa shape index (κ3) is 2.95. The second kappa shape index (κ2) is 5.55. The van der Waals surface area contributed by atoms with E-state index in [9.17, 15) is 4.79 Å². The molecule has 0 radical (unpaired) electrons. The van der Waals surface area contributed by atoms with E-state index in [0.717, 1.165) is 5.69 Å². The van der Waals surface area contributed by atoms with Gasteiger partial charge in [-0.2, -0.15) is 15.5 Å². The zero-order valence-electron chi connectivity index (χ0n) is 11.2. The Kier molecular flexibility index (Phi) is 3.44. The Balaban J connectivity index is 1.69. The van der Waals surface area contributed by atoms with Crippen molar-refractivity contribution in [2.24, 2.45) is 10.2 Å². The highest BCUT2D eigenvalue weighted by Gasteiger charge is 2.38. The SMILES string of the molecule is N#CC1CN1C(=O)c1ccc(N=Nc2ccccc2)cc1. The highest BCUT2D eigenvalue weighted by Crippen LogP contribution is 2.23. The number of nitriles is 1. The maximum Gasteiger partial charge on any atom is 0.255 e. The van der Waals surface area contributed by atoms with Gasteiger partial charge in [0.05, 0.1) is 24.0 Å². The first-order valence-electron chi connectivity index (χ1n) is 6.55. The van der Waals surface area contributed by atoms with Gasteiger partial charge in [-0.25, -0.2) is 0 Å². The number of carbonyl (C=O) groups is 1. The summed E-state index contributed by atoms with van der Waals surface area (Å²) in [5.74, 6) is -0.118. The molecule has 0 N–H and O–H groups in total. The van der Waals surface area contributed by atoms with E-state index in [0.29, 0.717) is 17.8 Å². The fourth-order valence-electron chi connectivity index (χ4n) is 1.92. The van der Waals surface area contributed by atoms with Crippen LogP contribution in [-0.2, 0) is 0 Å². The predicted octanol–water partition coefficient (Wildman–Crippen LogP) is 3.45. The minimum Gasteiger partial charge on any atom is -0.318 e. The monoisotopic (exact) mass is 276 g/mol. The van der Waals surface area contributed by atoms with Crippen LogP contribution in [0.2, 0.25) is 0 Å². The molecule has 5 heteroatoms. The van der Waals surface area contributed by atoms with Gasteiger partial charge in [0.25, 0.3) is 5.91 Å². The van der Waals surface area contributed by atoms with Gasteiger partial charge in [0, 0.05) is 5.56 Å². The van der Waals surface area contributed by atoms with E-state index in [4.69, 9.17) is 5.26 Å². The first-order chi connectivity index (χ1) is 10.3. The van der Waals surface area contributed by atoms with E-state index in [1.807, 2.05) is 30.3 Å². The maximum absolute atomic E-state index is 12.0. The molecule has 0 saturated carbocycles. The molecule has 102 valence electrons. The van der Waals surface area contributed by atoms with Crippen molar-refractivity contribution in [1.82, 2.24) is 4.90 Å². The van der Waals surface area contributed by atoms with Crippen LogP contribution < -0.4 is 0 Å². The first-order valence-corrected chi connectivity index (χ1v) is 6.55. The van der Waals surface area contributed by atoms with Crippen LogP contribution in [0.3, 0.4) is 0 Å². The summed E-state index contributed by atoms with van der Waals surface area (Å²) in [5, 5.41) is 16.9. The summed E-state index contributed by atoms with van der Waals surface area (Å²) >= 11 is 0. The molecule has 2 aromatic carbocycles. The number of hydrogen-bond donors (Lipinski definition) is 0. The molecule has 1 atom stereocenters. The number of nitrogens with zero attached hydrogens (tertiary/aromatic N) is 4. The molecule has 0 aliphatic carbocycles. The van der Waals surface area contributed by atoms with Crippen LogP contribution in [0.5, 0.6) is 0 Å². The average Bonchev–Trinajstić information content (AvgIpc) is 3.33. The molecule has 0 bridgehead atoms. The second-order valence-electron chi connectivity index (χ2n) is 4.68. The van der Waals surface area contributed by atoms with Gasteiger partial charge in [0.2, 0.25) is 0 Å². The number of benzene rings is 2. The summed E-state index contributed by atoms with van der Waals surface area (Å²) < 4.78 is 0. The minimum absolute atomic E-state index is 0.118. The predicted molar refractivity (Wildman–Crippen MR) is 77.5 cm³/mol. The van der Waals surface area contributed by atoms with Crippen LogP contribution in [0.15, 0.2) is 64.8 Å². The van der Waals surface area contributed by atoms with Gasteiger partial charge in [0.15, 0.2) is 0 Å². The Morgan fingerprint density at radius 3 is 2.24 bits per heavy atom. The minimum atomic E-state index is -0.269. The number of azo groups is 1. The van der Waals surface area contributed by atoms with Gasteiger partial charge >= 0.3 is 0 Å². The van der Waals surface area contributed by atoms with E-state index in [2.05, 4.69) is 16.3 Å². The largest absolute Gasteiger partial charge is 0.318 e. The summed E-state index contributed by atoms with van der Waals surface area (Å²) in [4.78, 5) is 13.5. The van der Waals surface area contributed by atoms with Gasteiger partial charge in [-0.3, -0.25) is 4.79 Å². The lowest BCUT2D eigenvalue weighted by molar-refractivity contribution is 0.0879. The Hall–Kier alpha value is -3.00. The molecule has 1 amide bonds. The lowest BCUT2D eigenvalue weighted by atomic mass is 10.2. The number of carbonyl (C=O) groups excluding carboxylic acids is 1. The molecular formula is C16H12N4O. The molecular weight excluding hydrogens is 264 g/mol. The normalized spacial score (nSPS) is 16.7. The van der Waals surface area contributed by atoms with Gasteiger partial charge in [-0.1, -0.05) is 18.2 Å². The zero-order valence-corrected chi connectivity index (χ0v) is 11.2. The van der Waals surface area contributed by atoms with Crippen molar-refractivity contribution in [2.75, 3.05) is 6.54 Å². The molecule has 1 saturated heterocycles. The molecule has 21 heavy (non-hydrogen) atoms. The summed E-state index contributed by atoms with van der Waals surface area (Å²) in [7, 11) is 0. The summed E-state index contributed by atoms with van der Waals surface area (Å²) in [6.07, 6.45) is 0. The Labute approximate surface area is 122 Å². The van der Waals surface area contributed by atoms with E-state index < -0.39 is 0 Å².